The number of benzene rings is 2. The van der Waals surface area contributed by atoms with Crippen molar-refractivity contribution in [2.75, 3.05) is 0 Å². The largest absolute Gasteiger partial charge is 0.302 e. The van der Waals surface area contributed by atoms with Crippen LogP contribution in [0.5, 0.6) is 0 Å². The van der Waals surface area contributed by atoms with Crippen LogP contribution in [0.4, 0.5) is 5.69 Å². The number of aryl methyl sites for hydroxylation is 2. The van der Waals surface area contributed by atoms with E-state index in [0.29, 0.717) is 6.54 Å². The minimum atomic E-state index is -0.377. The molecule has 0 aliphatic heterocycles. The first-order chi connectivity index (χ1) is 13.6. The number of aromatic nitrogens is 3. The van der Waals surface area contributed by atoms with Gasteiger partial charge in [-0.25, -0.2) is 0 Å². The molecule has 3 rings (SSSR count). The molecule has 0 unspecified atom stereocenters. The van der Waals surface area contributed by atoms with Gasteiger partial charge >= 0.3 is 0 Å². The van der Waals surface area contributed by atoms with Crippen molar-refractivity contribution in [1.29, 1.82) is 0 Å². The van der Waals surface area contributed by atoms with Gasteiger partial charge in [-0.05, 0) is 24.5 Å². The molecule has 0 fully saturated rings. The van der Waals surface area contributed by atoms with Gasteiger partial charge in [-0.2, -0.15) is 0 Å². The molecule has 28 heavy (non-hydrogen) atoms. The standard InChI is InChI=1S/C21H24N4O2S/c1-3-4-8-20-22-23-21(28-15-18-7-5-6-16(2)13-18)24(20)14-17-9-11-19(12-10-17)25(26)27/h5-7,9-13H,3-4,8,14-15H2,1-2H3. The van der Waals surface area contributed by atoms with Crippen molar-refractivity contribution in [3.63, 3.8) is 0 Å². The first kappa shape index (κ1) is 20.1. The molecule has 7 heteroatoms. The van der Waals surface area contributed by atoms with E-state index in [4.69, 9.17) is 0 Å². The maximum atomic E-state index is 10.9. The molecular formula is C21H24N4O2S. The highest BCUT2D eigenvalue weighted by Gasteiger charge is 2.14. The molecule has 3 aromatic rings. The highest BCUT2D eigenvalue weighted by Crippen LogP contribution is 2.24. The third-order valence-corrected chi connectivity index (χ3v) is 5.52. The van der Waals surface area contributed by atoms with Gasteiger partial charge in [0.05, 0.1) is 11.5 Å². The number of nitro groups is 1. The highest BCUT2D eigenvalue weighted by molar-refractivity contribution is 7.98. The summed E-state index contributed by atoms with van der Waals surface area (Å²) in [5.41, 5.74) is 3.60. The summed E-state index contributed by atoms with van der Waals surface area (Å²) in [6.07, 6.45) is 3.03. The van der Waals surface area contributed by atoms with Crippen molar-refractivity contribution in [3.8, 4) is 0 Å². The van der Waals surface area contributed by atoms with Crippen LogP contribution >= 0.6 is 11.8 Å². The molecule has 0 saturated heterocycles. The number of non-ortho nitro benzene ring substituents is 1. The monoisotopic (exact) mass is 396 g/mol. The minimum absolute atomic E-state index is 0.104. The number of hydrogen-bond donors (Lipinski definition) is 0. The molecule has 0 saturated carbocycles. The summed E-state index contributed by atoms with van der Waals surface area (Å²) < 4.78 is 2.14. The average Bonchev–Trinajstić information content (AvgIpc) is 3.06. The van der Waals surface area contributed by atoms with Gasteiger partial charge in [0, 0.05) is 24.3 Å². The van der Waals surface area contributed by atoms with Gasteiger partial charge in [-0.3, -0.25) is 10.1 Å². The van der Waals surface area contributed by atoms with Crippen molar-refractivity contribution in [2.24, 2.45) is 0 Å². The van der Waals surface area contributed by atoms with Crippen LogP contribution in [0.2, 0.25) is 0 Å². The van der Waals surface area contributed by atoms with Gasteiger partial charge in [-0.15, -0.1) is 10.2 Å². The second kappa shape index (κ2) is 9.50. The Hall–Kier alpha value is -2.67. The number of nitrogens with zero attached hydrogens (tertiary/aromatic N) is 4. The smallest absolute Gasteiger partial charge is 0.269 e. The molecule has 0 radical (unpaired) electrons. The Morgan fingerprint density at radius 1 is 1.11 bits per heavy atom. The predicted molar refractivity (Wildman–Crippen MR) is 112 cm³/mol. The van der Waals surface area contributed by atoms with Crippen LogP contribution in [0.3, 0.4) is 0 Å². The molecular weight excluding hydrogens is 372 g/mol. The third-order valence-electron chi connectivity index (χ3n) is 4.49. The lowest BCUT2D eigenvalue weighted by Gasteiger charge is -2.10. The zero-order valence-corrected chi connectivity index (χ0v) is 17.0. The number of rotatable bonds is 9. The molecule has 6 nitrogen and oxygen atoms in total. The highest BCUT2D eigenvalue weighted by atomic mass is 32.2. The number of thioether (sulfide) groups is 1. The Kier molecular flexibility index (Phi) is 6.81. The average molecular weight is 397 g/mol. The Labute approximate surface area is 169 Å². The Balaban J connectivity index is 1.80. The van der Waals surface area contributed by atoms with Crippen molar-refractivity contribution in [1.82, 2.24) is 14.8 Å². The fraction of sp³-hybridized carbons (Fsp3) is 0.333. The van der Waals surface area contributed by atoms with Crippen LogP contribution in [0.15, 0.2) is 53.7 Å². The van der Waals surface area contributed by atoms with Crippen molar-refractivity contribution < 1.29 is 4.92 Å². The lowest BCUT2D eigenvalue weighted by atomic mass is 10.2. The first-order valence-corrected chi connectivity index (χ1v) is 10.4. The number of hydrogen-bond acceptors (Lipinski definition) is 5. The fourth-order valence-electron chi connectivity index (χ4n) is 2.96. The van der Waals surface area contributed by atoms with E-state index < -0.39 is 0 Å². The van der Waals surface area contributed by atoms with Gasteiger partial charge in [0.25, 0.3) is 5.69 Å². The third kappa shape index (κ3) is 5.19. The minimum Gasteiger partial charge on any atom is -0.302 e. The Morgan fingerprint density at radius 3 is 2.57 bits per heavy atom. The summed E-state index contributed by atoms with van der Waals surface area (Å²) in [6, 6.07) is 15.2. The van der Waals surface area contributed by atoms with Crippen LogP contribution in [-0.4, -0.2) is 19.7 Å². The molecule has 1 heterocycles. The Bertz CT molecular complexity index is 938. The van der Waals surface area contributed by atoms with Crippen molar-refractivity contribution in [3.05, 3.63) is 81.2 Å². The first-order valence-electron chi connectivity index (χ1n) is 9.40. The lowest BCUT2D eigenvalue weighted by molar-refractivity contribution is -0.384. The maximum absolute atomic E-state index is 10.9. The lowest BCUT2D eigenvalue weighted by Crippen LogP contribution is -2.07. The van der Waals surface area contributed by atoms with E-state index in [1.807, 2.05) is 0 Å². The van der Waals surface area contributed by atoms with Crippen LogP contribution in [0.25, 0.3) is 0 Å². The maximum Gasteiger partial charge on any atom is 0.269 e. The van der Waals surface area contributed by atoms with Crippen LogP contribution < -0.4 is 0 Å². The summed E-state index contributed by atoms with van der Waals surface area (Å²) >= 11 is 1.67. The quantitative estimate of drug-likeness (QED) is 0.283. The fourth-order valence-corrected chi connectivity index (χ4v) is 3.86. The summed E-state index contributed by atoms with van der Waals surface area (Å²) in [6.45, 7) is 4.86. The van der Waals surface area contributed by atoms with Crippen LogP contribution in [-0.2, 0) is 18.7 Å². The van der Waals surface area contributed by atoms with E-state index in [1.54, 1.807) is 36.0 Å². The zero-order valence-electron chi connectivity index (χ0n) is 16.2. The molecule has 146 valence electrons. The molecule has 0 atom stereocenters. The normalized spacial score (nSPS) is 10.9. The van der Waals surface area contributed by atoms with E-state index in [1.165, 1.54) is 11.1 Å². The molecule has 1 aromatic heterocycles. The SMILES string of the molecule is CCCCc1nnc(SCc2cccc(C)c2)n1Cc1ccc([N+](=O)[O-])cc1. The molecule has 0 N–H and O–H groups in total. The summed E-state index contributed by atoms with van der Waals surface area (Å²) in [5, 5.41) is 20.6. The molecule has 0 bridgehead atoms. The van der Waals surface area contributed by atoms with Crippen LogP contribution in [0.1, 0.15) is 42.3 Å². The number of unbranched alkanes of at least 4 members (excludes halogenated alkanes) is 1. The van der Waals surface area contributed by atoms with Gasteiger partial charge in [-0.1, -0.05) is 67.1 Å². The van der Waals surface area contributed by atoms with E-state index in [9.17, 15) is 10.1 Å². The summed E-state index contributed by atoms with van der Waals surface area (Å²) in [5.74, 6) is 1.79. The zero-order chi connectivity index (χ0) is 19.9. The van der Waals surface area contributed by atoms with Gasteiger partial charge in [0.15, 0.2) is 5.16 Å². The topological polar surface area (TPSA) is 73.8 Å². The van der Waals surface area contributed by atoms with Crippen molar-refractivity contribution >= 4 is 17.4 Å². The van der Waals surface area contributed by atoms with Gasteiger partial charge < -0.3 is 4.57 Å². The van der Waals surface area contributed by atoms with E-state index in [-0.39, 0.29) is 10.6 Å². The van der Waals surface area contributed by atoms with Gasteiger partial charge in [0.1, 0.15) is 5.82 Å². The molecule has 0 spiro atoms. The van der Waals surface area contributed by atoms with Crippen LogP contribution in [0, 0.1) is 17.0 Å². The molecule has 2 aromatic carbocycles. The van der Waals surface area contributed by atoms with E-state index in [2.05, 4.69) is 52.9 Å². The molecule has 0 amide bonds. The predicted octanol–water partition coefficient (Wildman–Crippen LogP) is 5.18. The van der Waals surface area contributed by atoms with E-state index in [0.717, 1.165) is 41.6 Å². The number of nitro benzene ring substituents is 1. The van der Waals surface area contributed by atoms with Gasteiger partial charge in [0.2, 0.25) is 0 Å². The van der Waals surface area contributed by atoms with Crippen molar-refractivity contribution in [2.45, 2.75) is 50.6 Å². The van der Waals surface area contributed by atoms with E-state index >= 15 is 0 Å². The second-order valence-electron chi connectivity index (χ2n) is 6.79. The Morgan fingerprint density at radius 2 is 1.89 bits per heavy atom. The summed E-state index contributed by atoms with van der Waals surface area (Å²) in [4.78, 5) is 10.5. The molecule has 0 aliphatic carbocycles. The summed E-state index contributed by atoms with van der Waals surface area (Å²) in [7, 11) is 0. The second-order valence-corrected chi connectivity index (χ2v) is 7.73. The molecule has 0 aliphatic rings.